The topological polar surface area (TPSA) is 93.7 Å². The third-order valence-electron chi connectivity index (χ3n) is 3.46. The van der Waals surface area contributed by atoms with Crippen molar-refractivity contribution in [1.82, 2.24) is 10.9 Å². The minimum absolute atomic E-state index is 0.234. The van der Waals surface area contributed by atoms with Crippen molar-refractivity contribution in [3.8, 4) is 11.5 Å². The molecule has 2 aromatic carbocycles. The summed E-state index contributed by atoms with van der Waals surface area (Å²) in [5.41, 5.74) is 5.18. The monoisotopic (exact) mass is 376 g/mol. The number of hydrogen-bond acceptors (Lipinski definition) is 5. The Morgan fingerprint density at radius 2 is 1.73 bits per heavy atom. The highest BCUT2D eigenvalue weighted by atomic mass is 32.2. The van der Waals surface area contributed by atoms with E-state index in [0.29, 0.717) is 23.0 Å². The molecule has 0 saturated carbocycles. The fourth-order valence-corrected chi connectivity index (χ4v) is 2.98. The van der Waals surface area contributed by atoms with Gasteiger partial charge in [0.25, 0.3) is 11.8 Å². The van der Waals surface area contributed by atoms with Crippen LogP contribution >= 0.6 is 0 Å². The van der Waals surface area contributed by atoms with Gasteiger partial charge >= 0.3 is 0 Å². The van der Waals surface area contributed by atoms with Crippen molar-refractivity contribution in [1.29, 1.82) is 0 Å². The van der Waals surface area contributed by atoms with Crippen LogP contribution in [0.5, 0.6) is 11.5 Å². The van der Waals surface area contributed by atoms with E-state index in [9.17, 15) is 13.8 Å². The summed E-state index contributed by atoms with van der Waals surface area (Å²) in [5, 5.41) is 0. The molecule has 0 spiro atoms. The molecule has 0 saturated heterocycles. The molecule has 0 aliphatic carbocycles. The number of ether oxygens (including phenoxy) is 2. The molecule has 138 valence electrons. The van der Waals surface area contributed by atoms with Gasteiger partial charge in [0.15, 0.2) is 11.5 Å². The summed E-state index contributed by atoms with van der Waals surface area (Å²) < 4.78 is 22.3. The Morgan fingerprint density at radius 3 is 2.38 bits per heavy atom. The molecule has 2 aromatic rings. The molecule has 0 aromatic heterocycles. The van der Waals surface area contributed by atoms with Gasteiger partial charge in [-0.25, -0.2) is 0 Å². The molecule has 7 nitrogen and oxygen atoms in total. The molecular formula is C18H20N2O5S. The minimum atomic E-state index is -1.32. The van der Waals surface area contributed by atoms with Gasteiger partial charge in [0.2, 0.25) is 0 Å². The lowest BCUT2D eigenvalue weighted by Crippen LogP contribution is -2.42. The highest BCUT2D eigenvalue weighted by Gasteiger charge is 2.15. The first-order valence-electron chi connectivity index (χ1n) is 7.81. The Kier molecular flexibility index (Phi) is 6.74. The SMILES string of the molecule is CCOc1ccc(C(=O)NNC(=O)c2ccccc2[S@@](C)=O)cc1OC. The zero-order valence-electron chi connectivity index (χ0n) is 14.7. The lowest BCUT2D eigenvalue weighted by molar-refractivity contribution is 0.0845. The van der Waals surface area contributed by atoms with Crippen molar-refractivity contribution < 1.29 is 23.3 Å². The van der Waals surface area contributed by atoms with Crippen LogP contribution in [0, 0.1) is 0 Å². The van der Waals surface area contributed by atoms with Crippen LogP contribution in [-0.2, 0) is 10.8 Å². The molecule has 0 fully saturated rings. The first-order chi connectivity index (χ1) is 12.5. The van der Waals surface area contributed by atoms with Gasteiger partial charge in [0.1, 0.15) is 0 Å². The molecule has 0 aliphatic rings. The van der Waals surface area contributed by atoms with Crippen LogP contribution in [0.4, 0.5) is 0 Å². The number of amides is 2. The van der Waals surface area contributed by atoms with Crippen LogP contribution in [0.2, 0.25) is 0 Å². The quantitative estimate of drug-likeness (QED) is 0.751. The van der Waals surface area contributed by atoms with E-state index < -0.39 is 22.6 Å². The van der Waals surface area contributed by atoms with Gasteiger partial charge in [-0.05, 0) is 37.3 Å². The highest BCUT2D eigenvalue weighted by molar-refractivity contribution is 7.84. The number of hydrogen-bond donors (Lipinski definition) is 2. The first-order valence-corrected chi connectivity index (χ1v) is 9.37. The van der Waals surface area contributed by atoms with Crippen molar-refractivity contribution in [2.45, 2.75) is 11.8 Å². The summed E-state index contributed by atoms with van der Waals surface area (Å²) in [6, 6.07) is 11.2. The van der Waals surface area contributed by atoms with Crippen LogP contribution in [0.15, 0.2) is 47.4 Å². The van der Waals surface area contributed by atoms with Gasteiger partial charge in [0.05, 0.1) is 35.0 Å². The van der Waals surface area contributed by atoms with E-state index in [4.69, 9.17) is 9.47 Å². The van der Waals surface area contributed by atoms with Gasteiger partial charge in [-0.3, -0.25) is 24.6 Å². The molecule has 26 heavy (non-hydrogen) atoms. The largest absolute Gasteiger partial charge is 0.493 e. The number of hydrazine groups is 1. The van der Waals surface area contributed by atoms with Crippen molar-refractivity contribution in [2.24, 2.45) is 0 Å². The molecule has 0 heterocycles. The molecule has 2 amide bonds. The second kappa shape index (κ2) is 9.00. The lowest BCUT2D eigenvalue weighted by atomic mass is 10.2. The summed E-state index contributed by atoms with van der Waals surface area (Å²) in [5.74, 6) is -0.135. The van der Waals surface area contributed by atoms with Crippen molar-refractivity contribution >= 4 is 22.6 Å². The Balaban J connectivity index is 2.09. The maximum absolute atomic E-state index is 12.3. The molecule has 0 aliphatic heterocycles. The predicted molar refractivity (Wildman–Crippen MR) is 97.9 cm³/mol. The third kappa shape index (κ3) is 4.60. The predicted octanol–water partition coefficient (Wildman–Crippen LogP) is 1.91. The zero-order valence-corrected chi connectivity index (χ0v) is 15.5. The average molecular weight is 376 g/mol. The van der Waals surface area contributed by atoms with Gasteiger partial charge in [-0.1, -0.05) is 12.1 Å². The summed E-state index contributed by atoms with van der Waals surface area (Å²) >= 11 is 0. The van der Waals surface area contributed by atoms with Crippen molar-refractivity contribution in [3.05, 3.63) is 53.6 Å². The second-order valence-corrected chi connectivity index (χ2v) is 6.51. The van der Waals surface area contributed by atoms with E-state index in [-0.39, 0.29) is 11.1 Å². The highest BCUT2D eigenvalue weighted by Crippen LogP contribution is 2.27. The fourth-order valence-electron chi connectivity index (χ4n) is 2.24. The lowest BCUT2D eigenvalue weighted by Gasteiger charge is -2.12. The number of nitrogens with one attached hydrogen (secondary N) is 2. The smallest absolute Gasteiger partial charge is 0.270 e. The summed E-state index contributed by atoms with van der Waals surface area (Å²) in [4.78, 5) is 24.9. The van der Waals surface area contributed by atoms with E-state index >= 15 is 0 Å². The zero-order chi connectivity index (χ0) is 19.1. The molecule has 1 atom stereocenters. The van der Waals surface area contributed by atoms with Crippen molar-refractivity contribution in [3.63, 3.8) is 0 Å². The van der Waals surface area contributed by atoms with Crippen molar-refractivity contribution in [2.75, 3.05) is 20.0 Å². The van der Waals surface area contributed by atoms with E-state index in [1.807, 2.05) is 6.92 Å². The minimum Gasteiger partial charge on any atom is -0.493 e. The van der Waals surface area contributed by atoms with E-state index in [1.165, 1.54) is 25.5 Å². The number of carbonyl (C=O) groups is 2. The number of rotatable bonds is 6. The van der Waals surface area contributed by atoms with Gasteiger partial charge in [-0.15, -0.1) is 0 Å². The molecule has 0 radical (unpaired) electrons. The van der Waals surface area contributed by atoms with E-state index in [2.05, 4.69) is 10.9 Å². The van der Waals surface area contributed by atoms with Gasteiger partial charge in [-0.2, -0.15) is 0 Å². The summed E-state index contributed by atoms with van der Waals surface area (Å²) in [6.07, 6.45) is 1.48. The summed E-state index contributed by atoms with van der Waals surface area (Å²) in [6.45, 7) is 2.31. The number of benzene rings is 2. The Bertz CT molecular complexity index is 838. The number of carbonyl (C=O) groups excluding carboxylic acids is 2. The molecule has 0 bridgehead atoms. The van der Waals surface area contributed by atoms with Gasteiger partial charge < -0.3 is 9.47 Å². The normalized spacial score (nSPS) is 11.3. The Labute approximate surface area is 154 Å². The van der Waals surface area contributed by atoms with E-state index in [1.54, 1.807) is 30.3 Å². The maximum Gasteiger partial charge on any atom is 0.270 e. The molecule has 2 rings (SSSR count). The Morgan fingerprint density at radius 1 is 1.04 bits per heavy atom. The standard InChI is InChI=1S/C18H20N2O5S/c1-4-25-14-10-9-12(11-15(14)24-2)17(21)19-20-18(22)13-7-5-6-8-16(13)26(3)23/h5-11H,4H2,1-3H3,(H,19,21)(H,20,22)/t26-/m1/s1. The molecule has 0 unspecified atom stereocenters. The summed E-state index contributed by atoms with van der Waals surface area (Å²) in [7, 11) is 0.151. The third-order valence-corrected chi connectivity index (χ3v) is 4.43. The maximum atomic E-state index is 12.3. The van der Waals surface area contributed by atoms with E-state index in [0.717, 1.165) is 0 Å². The Hall–Kier alpha value is -2.87. The number of methoxy groups -OCH3 is 1. The second-order valence-electron chi connectivity index (χ2n) is 5.16. The van der Waals surface area contributed by atoms with Gasteiger partial charge in [0, 0.05) is 11.8 Å². The van der Waals surface area contributed by atoms with Crippen LogP contribution in [0.3, 0.4) is 0 Å². The first kappa shape index (κ1) is 19.5. The molecule has 2 N–H and O–H groups in total. The molecule has 8 heteroatoms. The van der Waals surface area contributed by atoms with Crippen LogP contribution in [0.1, 0.15) is 27.6 Å². The van der Waals surface area contributed by atoms with Crippen LogP contribution in [0.25, 0.3) is 0 Å². The average Bonchev–Trinajstić information content (AvgIpc) is 2.66. The van der Waals surface area contributed by atoms with Crippen LogP contribution in [-0.4, -0.2) is 36.0 Å². The molecular weight excluding hydrogens is 356 g/mol. The fraction of sp³-hybridized carbons (Fsp3) is 0.222. The van der Waals surface area contributed by atoms with Crippen LogP contribution < -0.4 is 20.3 Å².